The molecule has 0 aromatic heterocycles. The fourth-order valence-corrected chi connectivity index (χ4v) is 3.82. The summed E-state index contributed by atoms with van der Waals surface area (Å²) in [5.41, 5.74) is 1.12. The maximum atomic E-state index is 12.6. The third-order valence-corrected chi connectivity index (χ3v) is 5.64. The molecule has 0 spiro atoms. The number of non-ortho nitro benzene ring substituents is 1. The van der Waals surface area contributed by atoms with Gasteiger partial charge in [-0.25, -0.2) is 0 Å². The van der Waals surface area contributed by atoms with E-state index >= 15 is 0 Å². The van der Waals surface area contributed by atoms with Crippen molar-refractivity contribution in [3.05, 3.63) is 93.5 Å². The van der Waals surface area contributed by atoms with E-state index in [2.05, 4.69) is 5.32 Å². The monoisotopic (exact) mass is 437 g/mol. The number of nitro groups is 1. The molecule has 0 radical (unpaired) electrons. The van der Waals surface area contributed by atoms with E-state index in [4.69, 9.17) is 9.44 Å². The Kier molecular flexibility index (Phi) is 5.99. The number of hydrogen-bond acceptors (Lipinski definition) is 7. The average Bonchev–Trinajstić information content (AvgIpc) is 2.74. The van der Waals surface area contributed by atoms with Crippen LogP contribution in [-0.4, -0.2) is 19.2 Å². The van der Waals surface area contributed by atoms with Crippen molar-refractivity contribution in [1.29, 1.82) is 5.26 Å². The van der Waals surface area contributed by atoms with E-state index in [1.54, 1.807) is 24.3 Å². The summed E-state index contributed by atoms with van der Waals surface area (Å²) in [4.78, 5) is 22.3. The molecule has 3 aromatic rings. The molecule has 9 nitrogen and oxygen atoms in total. The molecule has 0 aliphatic heterocycles. The number of aryl methyl sites for hydroxylation is 1. The highest BCUT2D eigenvalue weighted by atomic mass is 32.2. The minimum atomic E-state index is -4.32. The van der Waals surface area contributed by atoms with Gasteiger partial charge in [-0.1, -0.05) is 6.07 Å². The zero-order valence-electron chi connectivity index (χ0n) is 16.1. The van der Waals surface area contributed by atoms with Crippen molar-refractivity contribution in [2.45, 2.75) is 11.8 Å². The van der Waals surface area contributed by atoms with Crippen LogP contribution in [0.25, 0.3) is 0 Å². The van der Waals surface area contributed by atoms with E-state index in [0.29, 0.717) is 16.8 Å². The highest BCUT2D eigenvalue weighted by molar-refractivity contribution is 7.87. The molecule has 31 heavy (non-hydrogen) atoms. The Morgan fingerprint density at radius 3 is 2.29 bits per heavy atom. The number of amides is 1. The second-order valence-corrected chi connectivity index (χ2v) is 7.93. The van der Waals surface area contributed by atoms with Gasteiger partial charge >= 0.3 is 10.1 Å². The van der Waals surface area contributed by atoms with Crippen molar-refractivity contribution < 1.29 is 22.3 Å². The van der Waals surface area contributed by atoms with Crippen molar-refractivity contribution in [2.24, 2.45) is 0 Å². The smallest absolute Gasteiger partial charge is 0.339 e. The summed E-state index contributed by atoms with van der Waals surface area (Å²) in [7, 11) is -4.32. The molecule has 10 heteroatoms. The summed E-state index contributed by atoms with van der Waals surface area (Å²) in [6.45, 7) is 1.50. The van der Waals surface area contributed by atoms with Gasteiger partial charge in [0.1, 0.15) is 10.6 Å². The van der Waals surface area contributed by atoms with Gasteiger partial charge < -0.3 is 9.50 Å². The van der Waals surface area contributed by atoms with Crippen LogP contribution in [0.15, 0.2) is 71.6 Å². The Balaban J connectivity index is 1.75. The molecule has 0 saturated carbocycles. The molecule has 0 unspecified atom stereocenters. The topological polar surface area (TPSA) is 139 Å². The zero-order chi connectivity index (χ0) is 22.6. The fourth-order valence-electron chi connectivity index (χ4n) is 2.64. The molecule has 156 valence electrons. The normalized spacial score (nSPS) is 10.7. The van der Waals surface area contributed by atoms with E-state index < -0.39 is 20.9 Å². The molecule has 0 bridgehead atoms. The molecular weight excluding hydrogens is 422 g/mol. The third-order valence-electron chi connectivity index (χ3n) is 4.25. The first-order valence-corrected chi connectivity index (χ1v) is 10.2. The van der Waals surface area contributed by atoms with Crippen LogP contribution >= 0.6 is 0 Å². The van der Waals surface area contributed by atoms with Crippen LogP contribution in [-0.2, 0) is 10.1 Å². The van der Waals surface area contributed by atoms with Crippen molar-refractivity contribution in [3.8, 4) is 11.8 Å². The van der Waals surface area contributed by atoms with Crippen LogP contribution in [0.2, 0.25) is 0 Å². The van der Waals surface area contributed by atoms with Crippen LogP contribution in [0.1, 0.15) is 21.5 Å². The van der Waals surface area contributed by atoms with Gasteiger partial charge in [-0.2, -0.15) is 13.7 Å². The molecule has 0 heterocycles. The SMILES string of the molecule is Cc1ccc([N+](=O)[O-])cc1S(=O)(=O)Oc1ccc(C(=O)Nc2ccc(C#N)cc2)cc1. The fraction of sp³-hybridized carbons (Fsp3) is 0.0476. The number of nitrogens with one attached hydrogen (secondary N) is 1. The van der Waals surface area contributed by atoms with Gasteiger partial charge in [0.25, 0.3) is 11.6 Å². The van der Waals surface area contributed by atoms with E-state index in [0.717, 1.165) is 6.07 Å². The minimum absolute atomic E-state index is 0.0548. The van der Waals surface area contributed by atoms with Gasteiger partial charge in [0.2, 0.25) is 0 Å². The van der Waals surface area contributed by atoms with Gasteiger partial charge in [0.15, 0.2) is 0 Å². The van der Waals surface area contributed by atoms with Gasteiger partial charge in [0, 0.05) is 23.4 Å². The second-order valence-electron chi connectivity index (χ2n) is 6.41. The summed E-state index contributed by atoms with van der Waals surface area (Å²) in [5.74, 6) is -0.491. The molecule has 1 N–H and O–H groups in total. The summed E-state index contributed by atoms with van der Waals surface area (Å²) in [5, 5.41) is 22.4. The van der Waals surface area contributed by atoms with Crippen LogP contribution < -0.4 is 9.50 Å². The summed E-state index contributed by atoms with van der Waals surface area (Å²) < 4.78 is 30.2. The lowest BCUT2D eigenvalue weighted by Crippen LogP contribution is -2.13. The number of carbonyl (C=O) groups excluding carboxylic acids is 1. The molecule has 3 rings (SSSR count). The number of anilines is 1. The molecule has 0 aliphatic rings. The number of nitro benzene ring substituents is 1. The molecule has 3 aromatic carbocycles. The standard InChI is InChI=1S/C21H15N3O6S/c1-14-2-9-18(24(26)27)12-20(14)31(28,29)30-19-10-5-16(6-11-19)21(25)23-17-7-3-15(13-22)4-8-17/h2-12H,1H3,(H,23,25). The van der Waals surface area contributed by atoms with Crippen molar-refractivity contribution >= 4 is 27.4 Å². The number of hydrogen-bond donors (Lipinski definition) is 1. The molecule has 0 aliphatic carbocycles. The van der Waals surface area contributed by atoms with Crippen LogP contribution in [0.4, 0.5) is 11.4 Å². The van der Waals surface area contributed by atoms with Crippen LogP contribution in [0, 0.1) is 28.4 Å². The minimum Gasteiger partial charge on any atom is -0.379 e. The van der Waals surface area contributed by atoms with Crippen molar-refractivity contribution in [1.82, 2.24) is 0 Å². The van der Waals surface area contributed by atoms with Gasteiger partial charge in [-0.15, -0.1) is 0 Å². The zero-order valence-corrected chi connectivity index (χ0v) is 16.9. The maximum Gasteiger partial charge on any atom is 0.339 e. The quantitative estimate of drug-likeness (QED) is 0.351. The number of nitrogens with zero attached hydrogens (tertiary/aromatic N) is 2. The first kappa shape index (κ1) is 21.5. The number of benzene rings is 3. The van der Waals surface area contributed by atoms with Crippen LogP contribution in [0.3, 0.4) is 0 Å². The summed E-state index contributed by atoms with van der Waals surface area (Å²) in [6.07, 6.45) is 0. The van der Waals surface area contributed by atoms with Crippen molar-refractivity contribution in [2.75, 3.05) is 5.32 Å². The first-order valence-electron chi connectivity index (χ1n) is 8.81. The highest BCUT2D eigenvalue weighted by Gasteiger charge is 2.23. The highest BCUT2D eigenvalue weighted by Crippen LogP contribution is 2.25. The van der Waals surface area contributed by atoms with Crippen LogP contribution in [0.5, 0.6) is 5.75 Å². The predicted molar refractivity (Wildman–Crippen MR) is 111 cm³/mol. The molecular formula is C21H15N3O6S. The van der Waals surface area contributed by atoms with Gasteiger partial charge in [-0.05, 0) is 61.0 Å². The lowest BCUT2D eigenvalue weighted by Gasteiger charge is -2.10. The Morgan fingerprint density at radius 2 is 1.71 bits per heavy atom. The number of rotatable bonds is 6. The largest absolute Gasteiger partial charge is 0.379 e. The Morgan fingerprint density at radius 1 is 1.06 bits per heavy atom. The lowest BCUT2D eigenvalue weighted by molar-refractivity contribution is -0.385. The van der Waals surface area contributed by atoms with E-state index in [1.165, 1.54) is 43.3 Å². The second kappa shape index (κ2) is 8.64. The van der Waals surface area contributed by atoms with Gasteiger partial charge in [-0.3, -0.25) is 14.9 Å². The molecule has 1 amide bonds. The Bertz CT molecular complexity index is 1290. The predicted octanol–water partition coefficient (Wildman–Crippen LogP) is 3.79. The lowest BCUT2D eigenvalue weighted by atomic mass is 10.2. The Labute approximate surface area is 177 Å². The molecule has 0 saturated heterocycles. The van der Waals surface area contributed by atoms with E-state index in [9.17, 15) is 23.3 Å². The third kappa shape index (κ3) is 5.04. The van der Waals surface area contributed by atoms with Gasteiger partial charge in [0.05, 0.1) is 16.6 Å². The average molecular weight is 437 g/mol. The summed E-state index contributed by atoms with van der Waals surface area (Å²) in [6, 6.07) is 17.1. The van der Waals surface area contributed by atoms with E-state index in [1.807, 2.05) is 6.07 Å². The maximum absolute atomic E-state index is 12.6. The van der Waals surface area contributed by atoms with E-state index in [-0.39, 0.29) is 21.9 Å². The number of carbonyl (C=O) groups is 1. The first-order chi connectivity index (χ1) is 14.7. The number of nitriles is 1. The Hall–Kier alpha value is -4.23. The van der Waals surface area contributed by atoms with Crippen molar-refractivity contribution in [3.63, 3.8) is 0 Å². The molecule has 0 fully saturated rings. The molecule has 0 atom stereocenters. The summed E-state index contributed by atoms with van der Waals surface area (Å²) >= 11 is 0.